The highest BCUT2D eigenvalue weighted by molar-refractivity contribution is 7.98. The molecule has 1 atom stereocenters. The molecule has 2 heterocycles. The van der Waals surface area contributed by atoms with Crippen molar-refractivity contribution in [1.29, 1.82) is 0 Å². The Morgan fingerprint density at radius 3 is 2.16 bits per heavy atom. The lowest BCUT2D eigenvalue weighted by Crippen LogP contribution is -2.23. The molecule has 220 valence electrons. The zero-order chi connectivity index (χ0) is 29.9. The third kappa shape index (κ3) is 6.43. The average molecular weight is 618 g/mol. The summed E-state index contributed by atoms with van der Waals surface area (Å²) >= 11 is 8.01. The van der Waals surface area contributed by atoms with Gasteiger partial charge < -0.3 is 9.13 Å². The van der Waals surface area contributed by atoms with E-state index in [1.807, 2.05) is 23.6 Å². The molecule has 1 aliphatic carbocycles. The van der Waals surface area contributed by atoms with Gasteiger partial charge >= 0.3 is 0 Å². The Hall–Kier alpha value is -3.82. The highest BCUT2D eigenvalue weighted by Crippen LogP contribution is 2.29. The van der Waals surface area contributed by atoms with Crippen LogP contribution in [-0.4, -0.2) is 24.3 Å². The van der Waals surface area contributed by atoms with Gasteiger partial charge in [0.25, 0.3) is 5.56 Å². The second kappa shape index (κ2) is 12.8. The van der Waals surface area contributed by atoms with E-state index in [4.69, 9.17) is 11.6 Å². The summed E-state index contributed by atoms with van der Waals surface area (Å²) in [6.45, 7) is 2.30. The molecule has 0 bridgehead atoms. The molecule has 0 spiro atoms. The number of rotatable bonds is 10. The molecule has 1 aliphatic rings. The number of alkyl halides is 2. The maximum absolute atomic E-state index is 13.4. The summed E-state index contributed by atoms with van der Waals surface area (Å²) in [5, 5.41) is 9.24. The molecule has 2 aromatic heterocycles. The average Bonchev–Trinajstić information content (AvgIpc) is 3.67. The van der Waals surface area contributed by atoms with Gasteiger partial charge in [-0.05, 0) is 66.1 Å². The van der Waals surface area contributed by atoms with E-state index in [0.717, 1.165) is 52.2 Å². The third-order valence-electron chi connectivity index (χ3n) is 7.73. The smallest absolute Gasteiger partial charge is 0.277 e. The van der Waals surface area contributed by atoms with Crippen LogP contribution < -0.4 is 5.56 Å². The van der Waals surface area contributed by atoms with E-state index in [1.54, 1.807) is 24.3 Å². The van der Waals surface area contributed by atoms with Crippen LogP contribution in [0.25, 0.3) is 11.1 Å². The molecule has 0 radical (unpaired) electrons. The quantitative estimate of drug-likeness (QED) is 0.0936. The van der Waals surface area contributed by atoms with Gasteiger partial charge in [0.2, 0.25) is 0 Å². The molecule has 0 fully saturated rings. The molecule has 0 amide bonds. The Kier molecular flexibility index (Phi) is 8.72. The molecule has 6 rings (SSSR count). The van der Waals surface area contributed by atoms with Gasteiger partial charge in [-0.25, -0.2) is 8.78 Å². The van der Waals surface area contributed by atoms with Crippen molar-refractivity contribution in [1.82, 2.24) is 24.3 Å². The van der Waals surface area contributed by atoms with E-state index in [-0.39, 0.29) is 16.8 Å². The molecule has 0 aliphatic heterocycles. The summed E-state index contributed by atoms with van der Waals surface area (Å²) < 4.78 is 30.5. The van der Waals surface area contributed by atoms with Crippen molar-refractivity contribution in [2.45, 2.75) is 62.2 Å². The first-order chi connectivity index (χ1) is 20.9. The number of hydrogen-bond donors (Lipinski definition) is 0. The van der Waals surface area contributed by atoms with E-state index in [2.05, 4.69) is 44.0 Å². The van der Waals surface area contributed by atoms with Crippen molar-refractivity contribution < 1.29 is 8.78 Å². The van der Waals surface area contributed by atoms with Gasteiger partial charge in [0.15, 0.2) is 16.8 Å². The van der Waals surface area contributed by atoms with Crippen molar-refractivity contribution in [2.24, 2.45) is 0 Å². The lowest BCUT2D eigenvalue weighted by Gasteiger charge is -2.18. The monoisotopic (exact) mass is 617 g/mol. The molecule has 0 saturated carbocycles. The Balaban J connectivity index is 1.30. The first-order valence-corrected chi connectivity index (χ1v) is 15.6. The molecule has 10 heteroatoms. The fraction of sp³-hybridized carbons (Fsp3) is 0.273. The minimum atomic E-state index is -0.478. The minimum absolute atomic E-state index is 0.179. The van der Waals surface area contributed by atoms with E-state index >= 15 is 0 Å². The van der Waals surface area contributed by atoms with Gasteiger partial charge in [-0.1, -0.05) is 72.4 Å². The highest BCUT2D eigenvalue weighted by Gasteiger charge is 2.24. The van der Waals surface area contributed by atoms with Crippen molar-refractivity contribution in [3.05, 3.63) is 129 Å². The van der Waals surface area contributed by atoms with Crippen LogP contribution in [-0.2, 0) is 38.4 Å². The Morgan fingerprint density at radius 1 is 0.860 bits per heavy atom. The largest absolute Gasteiger partial charge is 0.316 e. The molecule has 43 heavy (non-hydrogen) atoms. The topological polar surface area (TPSA) is 65.6 Å². The van der Waals surface area contributed by atoms with E-state index in [0.29, 0.717) is 41.8 Å². The predicted molar refractivity (Wildman–Crippen MR) is 166 cm³/mol. The van der Waals surface area contributed by atoms with Gasteiger partial charge in [0.1, 0.15) is 12.5 Å². The van der Waals surface area contributed by atoms with Gasteiger partial charge in [0, 0.05) is 17.0 Å². The Labute approximate surface area is 257 Å². The third-order valence-corrected chi connectivity index (χ3v) is 8.97. The SMILES string of the molecule is CC(Cl)c1nnc(Cn2c(SCc3ccc(F)cc3)nc(=O)c3c2CCC3)n1Cc1ccc(-c2ccc(CF)cc2)cc1. The summed E-state index contributed by atoms with van der Waals surface area (Å²) in [7, 11) is 0. The van der Waals surface area contributed by atoms with Crippen molar-refractivity contribution in [3.8, 4) is 11.1 Å². The van der Waals surface area contributed by atoms with Crippen LogP contribution in [0, 0.1) is 5.82 Å². The number of thioether (sulfide) groups is 1. The van der Waals surface area contributed by atoms with Crippen LogP contribution >= 0.6 is 23.4 Å². The molecule has 1 unspecified atom stereocenters. The summed E-state index contributed by atoms with van der Waals surface area (Å²) in [6, 6.07) is 22.0. The second-order valence-electron chi connectivity index (χ2n) is 10.7. The molecular formula is C33H30ClF2N5OS. The Morgan fingerprint density at radius 2 is 1.51 bits per heavy atom. The molecule has 5 aromatic rings. The molecular weight excluding hydrogens is 588 g/mol. The Bertz CT molecular complexity index is 1790. The number of benzene rings is 3. The van der Waals surface area contributed by atoms with Gasteiger partial charge in [-0.3, -0.25) is 4.79 Å². The lowest BCUT2D eigenvalue weighted by atomic mass is 10.0. The summed E-state index contributed by atoms with van der Waals surface area (Å²) in [5.74, 6) is 1.64. The predicted octanol–water partition coefficient (Wildman–Crippen LogP) is 7.29. The summed E-state index contributed by atoms with van der Waals surface area (Å²) in [4.78, 5) is 17.4. The second-order valence-corrected chi connectivity index (χ2v) is 12.3. The molecule has 6 nitrogen and oxygen atoms in total. The van der Waals surface area contributed by atoms with Crippen molar-refractivity contribution in [3.63, 3.8) is 0 Å². The molecule has 3 aromatic carbocycles. The fourth-order valence-electron chi connectivity index (χ4n) is 5.43. The van der Waals surface area contributed by atoms with Crippen LogP contribution in [0.3, 0.4) is 0 Å². The van der Waals surface area contributed by atoms with Gasteiger partial charge in [-0.15, -0.1) is 21.8 Å². The maximum Gasteiger partial charge on any atom is 0.277 e. The van der Waals surface area contributed by atoms with Crippen LogP contribution in [0.15, 0.2) is 82.7 Å². The normalized spacial score (nSPS) is 13.3. The van der Waals surface area contributed by atoms with Crippen LogP contribution in [0.1, 0.15) is 58.3 Å². The van der Waals surface area contributed by atoms with Crippen molar-refractivity contribution >= 4 is 23.4 Å². The van der Waals surface area contributed by atoms with E-state index in [9.17, 15) is 13.6 Å². The number of hydrogen-bond acceptors (Lipinski definition) is 5. The van der Waals surface area contributed by atoms with Crippen LogP contribution in [0.2, 0.25) is 0 Å². The molecule has 0 saturated heterocycles. The first-order valence-electron chi connectivity index (χ1n) is 14.2. The zero-order valence-corrected chi connectivity index (χ0v) is 25.2. The lowest BCUT2D eigenvalue weighted by molar-refractivity contribution is 0.485. The number of fused-ring (bicyclic) bond motifs is 1. The number of aromatic nitrogens is 5. The molecule has 0 N–H and O–H groups in total. The zero-order valence-electron chi connectivity index (χ0n) is 23.6. The minimum Gasteiger partial charge on any atom is -0.316 e. The summed E-state index contributed by atoms with van der Waals surface area (Å²) in [6.07, 6.45) is 2.40. The summed E-state index contributed by atoms with van der Waals surface area (Å²) in [5.41, 5.74) is 6.29. The fourth-order valence-corrected chi connectivity index (χ4v) is 6.56. The van der Waals surface area contributed by atoms with Crippen LogP contribution in [0.4, 0.5) is 8.78 Å². The van der Waals surface area contributed by atoms with E-state index in [1.165, 1.54) is 23.9 Å². The standard InChI is InChI=1S/C33H30ClF2N5OS/c1-21(34)31-39-38-30(41(31)18-23-7-13-26(14-8-23)25-11-5-22(17-35)6-12-25)19-40-29-4-2-3-28(29)32(42)37-33(40)43-20-24-9-15-27(36)16-10-24/h5-16,21H,2-4,17-20H2,1H3. The highest BCUT2D eigenvalue weighted by atomic mass is 35.5. The van der Waals surface area contributed by atoms with Crippen LogP contribution in [0.5, 0.6) is 0 Å². The van der Waals surface area contributed by atoms with Gasteiger partial charge in [-0.2, -0.15) is 4.98 Å². The van der Waals surface area contributed by atoms with E-state index < -0.39 is 6.67 Å². The maximum atomic E-state index is 13.4. The van der Waals surface area contributed by atoms with Crippen molar-refractivity contribution in [2.75, 3.05) is 0 Å². The number of nitrogens with zero attached hydrogens (tertiary/aromatic N) is 5. The first kappa shape index (κ1) is 29.3. The number of halogens is 3. The van der Waals surface area contributed by atoms with Gasteiger partial charge in [0.05, 0.1) is 18.5 Å².